The monoisotopic (exact) mass is 1380 g/mol. The van der Waals surface area contributed by atoms with Crippen molar-refractivity contribution < 1.29 is 80.2 Å². The largest absolute Gasteiger partial charge is 0.472 e. The number of hydrogen-bond donors (Lipinski definition) is 3. The summed E-state index contributed by atoms with van der Waals surface area (Å²) in [5, 5.41) is 10.6. The van der Waals surface area contributed by atoms with E-state index in [0.717, 1.165) is 120 Å². The highest BCUT2D eigenvalue weighted by Gasteiger charge is 2.30. The Bertz CT molecular complexity index is 1840. The normalized spacial score (nSPS) is 14.7. The number of phosphoric ester groups is 2. The summed E-state index contributed by atoms with van der Waals surface area (Å²) in [6, 6.07) is 0. The molecule has 7 atom stereocenters. The Hall–Kier alpha value is -1.94. The average molecular weight is 1380 g/mol. The first-order valence-electron chi connectivity index (χ1n) is 38.9. The maximum Gasteiger partial charge on any atom is 0.472 e. The average Bonchev–Trinajstić information content (AvgIpc) is 3.13. The molecular formula is C75H146O17P2. The summed E-state index contributed by atoms with van der Waals surface area (Å²) in [6.45, 7) is 11.9. The molecule has 558 valence electrons. The molecule has 0 aromatic heterocycles. The number of unbranched alkanes of at least 4 members (excludes halogenated alkanes) is 39. The van der Waals surface area contributed by atoms with Gasteiger partial charge in [-0.15, -0.1) is 0 Å². The summed E-state index contributed by atoms with van der Waals surface area (Å²) < 4.78 is 68.4. The van der Waals surface area contributed by atoms with Crippen LogP contribution in [0.2, 0.25) is 0 Å². The molecule has 0 saturated carbocycles. The van der Waals surface area contributed by atoms with E-state index >= 15 is 0 Å². The first-order chi connectivity index (χ1) is 45.3. The molecule has 0 spiro atoms. The number of carbonyl (C=O) groups is 4. The fraction of sp³-hybridized carbons (Fsp3) is 0.947. The van der Waals surface area contributed by atoms with Crippen molar-refractivity contribution in [2.75, 3.05) is 39.6 Å². The van der Waals surface area contributed by atoms with E-state index in [1.54, 1.807) is 0 Å². The van der Waals surface area contributed by atoms with Crippen LogP contribution in [0.3, 0.4) is 0 Å². The van der Waals surface area contributed by atoms with Crippen molar-refractivity contribution in [3.05, 3.63) is 0 Å². The van der Waals surface area contributed by atoms with Gasteiger partial charge in [0.25, 0.3) is 0 Å². The number of aliphatic hydroxyl groups excluding tert-OH is 1. The second kappa shape index (κ2) is 65.7. The van der Waals surface area contributed by atoms with Gasteiger partial charge in [0, 0.05) is 25.7 Å². The maximum atomic E-state index is 13.1. The first kappa shape index (κ1) is 92.1. The van der Waals surface area contributed by atoms with Crippen molar-refractivity contribution in [2.24, 2.45) is 17.8 Å². The first-order valence-corrected chi connectivity index (χ1v) is 41.9. The fourth-order valence-corrected chi connectivity index (χ4v) is 12.9. The van der Waals surface area contributed by atoms with Crippen LogP contribution < -0.4 is 0 Å². The zero-order valence-electron chi connectivity index (χ0n) is 61.4. The van der Waals surface area contributed by atoms with Crippen LogP contribution in [0.5, 0.6) is 0 Å². The lowest BCUT2D eigenvalue weighted by atomic mass is 9.99. The quantitative estimate of drug-likeness (QED) is 0.0222. The van der Waals surface area contributed by atoms with Crippen LogP contribution in [0.25, 0.3) is 0 Å². The molecule has 17 nitrogen and oxygen atoms in total. The Morgan fingerprint density at radius 2 is 0.543 bits per heavy atom. The molecule has 0 bridgehead atoms. The van der Waals surface area contributed by atoms with E-state index in [2.05, 4.69) is 48.5 Å². The van der Waals surface area contributed by atoms with Crippen LogP contribution >= 0.6 is 15.6 Å². The number of phosphoric acid groups is 2. The Morgan fingerprint density at radius 1 is 0.309 bits per heavy atom. The molecule has 0 aliphatic carbocycles. The third kappa shape index (κ3) is 66.0. The molecule has 0 rings (SSSR count). The van der Waals surface area contributed by atoms with Crippen molar-refractivity contribution in [1.82, 2.24) is 0 Å². The third-order valence-electron chi connectivity index (χ3n) is 18.1. The Morgan fingerprint density at radius 3 is 0.809 bits per heavy atom. The lowest BCUT2D eigenvalue weighted by molar-refractivity contribution is -0.161. The van der Waals surface area contributed by atoms with E-state index in [1.807, 2.05) is 0 Å². The minimum Gasteiger partial charge on any atom is -0.462 e. The Labute approximate surface area is 575 Å². The summed E-state index contributed by atoms with van der Waals surface area (Å²) in [7, 11) is -9.91. The lowest BCUT2D eigenvalue weighted by Gasteiger charge is -2.21. The summed E-state index contributed by atoms with van der Waals surface area (Å²) in [5.41, 5.74) is 0. The number of carbonyl (C=O) groups excluding carboxylic acids is 4. The predicted molar refractivity (Wildman–Crippen MR) is 381 cm³/mol. The maximum absolute atomic E-state index is 13.1. The number of rotatable bonds is 73. The van der Waals surface area contributed by atoms with E-state index < -0.39 is 97.5 Å². The molecule has 0 aliphatic rings. The van der Waals surface area contributed by atoms with Gasteiger partial charge in [0.15, 0.2) is 12.2 Å². The molecule has 19 heteroatoms. The van der Waals surface area contributed by atoms with Gasteiger partial charge in [-0.2, -0.15) is 0 Å². The molecule has 94 heavy (non-hydrogen) atoms. The summed E-state index contributed by atoms with van der Waals surface area (Å²) in [6.07, 6.45) is 51.3. The van der Waals surface area contributed by atoms with Gasteiger partial charge in [0.05, 0.1) is 26.4 Å². The highest BCUT2D eigenvalue weighted by atomic mass is 31.2. The number of aliphatic hydroxyl groups is 1. The van der Waals surface area contributed by atoms with E-state index in [1.165, 1.54) is 180 Å². The van der Waals surface area contributed by atoms with Gasteiger partial charge < -0.3 is 33.8 Å². The van der Waals surface area contributed by atoms with E-state index in [4.69, 9.17) is 37.0 Å². The van der Waals surface area contributed by atoms with Gasteiger partial charge in [-0.25, -0.2) is 9.13 Å². The van der Waals surface area contributed by atoms with Crippen molar-refractivity contribution >= 4 is 39.5 Å². The summed E-state index contributed by atoms with van der Waals surface area (Å²) >= 11 is 0. The standard InChI is InChI=1S/C75H146O17P2/c1-8-11-12-13-32-42-49-56-72(77)85-62-70(91-75(80)59-52-45-38-31-25-24-28-35-41-48-55-68(7)10-3)64-89-93(81,82)87-60-69(76)61-88-94(83,84)90-65-71(63-86-73(78)57-50-43-36-29-22-19-18-20-26-33-39-46-53-66(4)5)92-74(79)58-51-44-37-30-23-17-15-14-16-21-27-34-40-47-54-67(6)9-2/h66-71,76H,8-65H2,1-7H3,(H,81,82)(H,83,84)/t67?,68?,69-,70+,71+/m0/s1. The van der Waals surface area contributed by atoms with Crippen molar-refractivity contribution in [2.45, 2.75) is 401 Å². The SMILES string of the molecule is CCCCCCCCCC(=O)OC[C@H](COP(=O)(O)OC[C@H](O)COP(=O)(O)OC[C@@H](COC(=O)CCCCCCCCCCCCCCC(C)C)OC(=O)CCCCCCCCCCCCCCCCC(C)CC)OC(=O)CCCCCCCCCCCCC(C)CC. The molecule has 0 saturated heterocycles. The zero-order valence-corrected chi connectivity index (χ0v) is 63.2. The van der Waals surface area contributed by atoms with Crippen LogP contribution in [-0.4, -0.2) is 96.7 Å². The van der Waals surface area contributed by atoms with Crippen molar-refractivity contribution in [3.8, 4) is 0 Å². The Balaban J connectivity index is 5.21. The molecule has 0 aliphatic heterocycles. The highest BCUT2D eigenvalue weighted by Crippen LogP contribution is 2.45. The summed E-state index contributed by atoms with van der Waals surface area (Å²) in [4.78, 5) is 72.7. The van der Waals surface area contributed by atoms with Gasteiger partial charge in [0.2, 0.25) is 0 Å². The topological polar surface area (TPSA) is 237 Å². The zero-order chi connectivity index (χ0) is 69.4. The molecule has 4 unspecified atom stereocenters. The molecule has 0 aromatic carbocycles. The summed E-state index contributed by atoms with van der Waals surface area (Å²) in [5.74, 6) is 0.308. The lowest BCUT2D eigenvalue weighted by Crippen LogP contribution is -2.30. The molecule has 0 radical (unpaired) electrons. The van der Waals surface area contributed by atoms with E-state index in [9.17, 15) is 43.2 Å². The van der Waals surface area contributed by atoms with Crippen molar-refractivity contribution in [1.29, 1.82) is 0 Å². The molecular weight excluding hydrogens is 1230 g/mol. The fourth-order valence-electron chi connectivity index (χ4n) is 11.4. The van der Waals surface area contributed by atoms with Gasteiger partial charge in [0.1, 0.15) is 19.3 Å². The number of esters is 4. The molecule has 0 aromatic rings. The van der Waals surface area contributed by atoms with Crippen LogP contribution in [0.4, 0.5) is 0 Å². The van der Waals surface area contributed by atoms with Crippen LogP contribution in [0, 0.1) is 17.8 Å². The van der Waals surface area contributed by atoms with Gasteiger partial charge >= 0.3 is 39.5 Å². The Kier molecular flexibility index (Phi) is 64.3. The molecule has 0 heterocycles. The van der Waals surface area contributed by atoms with Crippen molar-refractivity contribution in [3.63, 3.8) is 0 Å². The number of hydrogen-bond acceptors (Lipinski definition) is 15. The van der Waals surface area contributed by atoms with Crippen LogP contribution in [0.15, 0.2) is 0 Å². The molecule has 3 N–H and O–H groups in total. The number of ether oxygens (including phenoxy) is 4. The van der Waals surface area contributed by atoms with E-state index in [0.29, 0.717) is 25.7 Å². The van der Waals surface area contributed by atoms with Gasteiger partial charge in [-0.1, -0.05) is 331 Å². The smallest absolute Gasteiger partial charge is 0.462 e. The minimum atomic E-state index is -4.96. The second-order valence-corrected chi connectivity index (χ2v) is 30.9. The molecule has 0 amide bonds. The van der Waals surface area contributed by atoms with Crippen LogP contribution in [0.1, 0.15) is 382 Å². The minimum absolute atomic E-state index is 0.106. The van der Waals surface area contributed by atoms with Crippen LogP contribution in [-0.2, 0) is 65.4 Å². The molecule has 0 fully saturated rings. The third-order valence-corrected chi connectivity index (χ3v) is 20.0. The second-order valence-electron chi connectivity index (χ2n) is 28.0. The van der Waals surface area contributed by atoms with E-state index in [-0.39, 0.29) is 25.7 Å². The van der Waals surface area contributed by atoms with Gasteiger partial charge in [-0.3, -0.25) is 37.3 Å². The highest BCUT2D eigenvalue weighted by molar-refractivity contribution is 7.47. The van der Waals surface area contributed by atoms with Gasteiger partial charge in [-0.05, 0) is 43.4 Å². The predicted octanol–water partition coefficient (Wildman–Crippen LogP) is 21.8.